The number of hydrogen-bond acceptors (Lipinski definition) is 2. The maximum atomic E-state index is 10.9. The van der Waals surface area contributed by atoms with Crippen molar-refractivity contribution in [2.24, 2.45) is 0 Å². The van der Waals surface area contributed by atoms with E-state index in [1.807, 2.05) is 18.3 Å². The highest BCUT2D eigenvalue weighted by Gasteiger charge is 2.22. The smallest absolute Gasteiger partial charge is 0.407 e. The molecular weight excluding hydrogens is 310 g/mol. The lowest BCUT2D eigenvalue weighted by Crippen LogP contribution is -2.48. The van der Waals surface area contributed by atoms with E-state index >= 15 is 0 Å². The summed E-state index contributed by atoms with van der Waals surface area (Å²) in [6, 6.07) is 6.15. The Labute approximate surface area is 118 Å². The van der Waals surface area contributed by atoms with E-state index in [4.69, 9.17) is 5.11 Å². The van der Waals surface area contributed by atoms with Gasteiger partial charge in [0.2, 0.25) is 0 Å². The molecule has 6 heteroatoms. The molecule has 2 heterocycles. The van der Waals surface area contributed by atoms with Gasteiger partial charge in [-0.2, -0.15) is 0 Å². The van der Waals surface area contributed by atoms with Crippen molar-refractivity contribution in [3.63, 3.8) is 0 Å². The highest BCUT2D eigenvalue weighted by molar-refractivity contribution is 9.10. The minimum Gasteiger partial charge on any atom is -0.465 e. The van der Waals surface area contributed by atoms with Gasteiger partial charge in [0, 0.05) is 47.8 Å². The number of nitrogens with one attached hydrogen (secondary N) is 1. The summed E-state index contributed by atoms with van der Waals surface area (Å²) < 4.78 is 1.05. The van der Waals surface area contributed by atoms with Crippen LogP contribution < -0.4 is 4.90 Å². The average molecular weight is 324 g/mol. The first-order chi connectivity index (χ1) is 9.15. The maximum Gasteiger partial charge on any atom is 0.407 e. The Kier molecular flexibility index (Phi) is 3.10. The number of fused-ring (bicyclic) bond motifs is 1. The molecule has 0 saturated carbocycles. The van der Waals surface area contributed by atoms with E-state index in [-0.39, 0.29) is 0 Å². The SMILES string of the molecule is O=C(O)N1CCN(c2c[nH]c3cc(Br)ccc23)CC1. The zero-order chi connectivity index (χ0) is 13.4. The molecule has 1 aliphatic rings. The number of aromatic nitrogens is 1. The van der Waals surface area contributed by atoms with Crippen molar-refractivity contribution in [2.45, 2.75) is 0 Å². The zero-order valence-electron chi connectivity index (χ0n) is 10.3. The fourth-order valence-electron chi connectivity index (χ4n) is 2.48. The van der Waals surface area contributed by atoms with Crippen LogP contribution in [0.4, 0.5) is 10.5 Å². The van der Waals surface area contributed by atoms with E-state index in [9.17, 15) is 4.79 Å². The monoisotopic (exact) mass is 323 g/mol. The standard InChI is InChI=1S/C13H14BrN3O2/c14-9-1-2-10-11(7-9)15-8-12(10)16-3-5-17(6-4-16)13(18)19/h1-2,7-8,15H,3-6H2,(H,18,19). The Bertz CT molecular complexity index is 617. The number of H-pyrrole nitrogens is 1. The first kappa shape index (κ1) is 12.3. The summed E-state index contributed by atoms with van der Waals surface area (Å²) in [5, 5.41) is 10.1. The van der Waals surface area contributed by atoms with Crippen molar-refractivity contribution in [1.82, 2.24) is 9.88 Å². The number of aromatic amines is 1. The van der Waals surface area contributed by atoms with Crippen molar-refractivity contribution in [3.05, 3.63) is 28.9 Å². The van der Waals surface area contributed by atoms with Crippen molar-refractivity contribution in [1.29, 1.82) is 0 Å². The minimum atomic E-state index is -0.831. The Morgan fingerprint density at radius 3 is 2.68 bits per heavy atom. The molecule has 0 unspecified atom stereocenters. The Hall–Kier alpha value is -1.69. The van der Waals surface area contributed by atoms with Crippen LogP contribution in [0.5, 0.6) is 0 Å². The lowest BCUT2D eigenvalue weighted by Gasteiger charge is -2.34. The first-order valence-corrected chi connectivity index (χ1v) is 6.94. The Morgan fingerprint density at radius 2 is 2.00 bits per heavy atom. The summed E-state index contributed by atoms with van der Waals surface area (Å²) in [5.41, 5.74) is 2.23. The first-order valence-electron chi connectivity index (χ1n) is 6.14. The fourth-order valence-corrected chi connectivity index (χ4v) is 2.84. The number of halogens is 1. The average Bonchev–Trinajstić information content (AvgIpc) is 2.81. The van der Waals surface area contributed by atoms with Gasteiger partial charge in [-0.1, -0.05) is 15.9 Å². The summed E-state index contributed by atoms with van der Waals surface area (Å²) in [5.74, 6) is 0. The third-order valence-corrected chi connectivity index (χ3v) is 4.01. The summed E-state index contributed by atoms with van der Waals surface area (Å²) in [4.78, 5) is 17.8. The van der Waals surface area contributed by atoms with Crippen LogP contribution >= 0.6 is 15.9 Å². The molecular formula is C13H14BrN3O2. The summed E-state index contributed by atoms with van der Waals surface area (Å²) >= 11 is 3.46. The fraction of sp³-hybridized carbons (Fsp3) is 0.308. The van der Waals surface area contributed by atoms with Crippen LogP contribution in [0.15, 0.2) is 28.9 Å². The molecule has 1 aromatic carbocycles. The lowest BCUT2D eigenvalue weighted by atomic mass is 10.2. The van der Waals surface area contributed by atoms with E-state index in [2.05, 4.69) is 31.9 Å². The quantitative estimate of drug-likeness (QED) is 0.848. The van der Waals surface area contributed by atoms with Crippen molar-refractivity contribution in [3.8, 4) is 0 Å². The zero-order valence-corrected chi connectivity index (χ0v) is 11.9. The molecule has 0 radical (unpaired) electrons. The van der Waals surface area contributed by atoms with Gasteiger partial charge in [0.15, 0.2) is 0 Å². The number of piperazine rings is 1. The van der Waals surface area contributed by atoms with E-state index in [0.717, 1.165) is 28.8 Å². The Balaban J connectivity index is 1.84. The molecule has 1 saturated heterocycles. The van der Waals surface area contributed by atoms with Crippen molar-refractivity contribution in [2.75, 3.05) is 31.1 Å². The molecule has 1 aromatic heterocycles. The van der Waals surface area contributed by atoms with Gasteiger partial charge >= 0.3 is 6.09 Å². The number of carboxylic acid groups (broad SMARTS) is 1. The molecule has 0 spiro atoms. The normalized spacial score (nSPS) is 16.1. The van der Waals surface area contributed by atoms with Gasteiger partial charge < -0.3 is 19.9 Å². The van der Waals surface area contributed by atoms with Crippen molar-refractivity contribution < 1.29 is 9.90 Å². The van der Waals surface area contributed by atoms with Crippen LogP contribution in [0.3, 0.4) is 0 Å². The van der Waals surface area contributed by atoms with Crippen LogP contribution in [-0.2, 0) is 0 Å². The van der Waals surface area contributed by atoms with Gasteiger partial charge in [0.1, 0.15) is 0 Å². The molecule has 19 heavy (non-hydrogen) atoms. The highest BCUT2D eigenvalue weighted by atomic mass is 79.9. The number of rotatable bonds is 1. The molecule has 1 amide bonds. The molecule has 1 aliphatic heterocycles. The summed E-state index contributed by atoms with van der Waals surface area (Å²) in [7, 11) is 0. The molecule has 5 nitrogen and oxygen atoms in total. The second-order valence-corrected chi connectivity index (χ2v) is 5.54. The van der Waals surface area contributed by atoms with Gasteiger partial charge in [-0.05, 0) is 18.2 Å². The maximum absolute atomic E-state index is 10.9. The van der Waals surface area contributed by atoms with Crippen molar-refractivity contribution >= 4 is 38.6 Å². The third-order valence-electron chi connectivity index (χ3n) is 3.51. The number of anilines is 1. The highest BCUT2D eigenvalue weighted by Crippen LogP contribution is 2.29. The molecule has 2 N–H and O–H groups in total. The number of hydrogen-bond donors (Lipinski definition) is 2. The van der Waals surface area contributed by atoms with E-state index in [0.29, 0.717) is 13.1 Å². The molecule has 1 fully saturated rings. The van der Waals surface area contributed by atoms with E-state index in [1.54, 1.807) is 0 Å². The lowest BCUT2D eigenvalue weighted by molar-refractivity contribution is 0.142. The third kappa shape index (κ3) is 2.28. The van der Waals surface area contributed by atoms with Crippen LogP contribution in [0.1, 0.15) is 0 Å². The van der Waals surface area contributed by atoms with Crippen LogP contribution in [0.25, 0.3) is 10.9 Å². The number of carbonyl (C=O) groups is 1. The van der Waals surface area contributed by atoms with Crippen LogP contribution in [0.2, 0.25) is 0 Å². The van der Waals surface area contributed by atoms with Gasteiger partial charge in [0.05, 0.1) is 5.69 Å². The van der Waals surface area contributed by atoms with E-state index < -0.39 is 6.09 Å². The summed E-state index contributed by atoms with van der Waals surface area (Å²) in [6.07, 6.45) is 1.16. The van der Waals surface area contributed by atoms with Crippen LogP contribution in [0, 0.1) is 0 Å². The Morgan fingerprint density at radius 1 is 1.26 bits per heavy atom. The number of nitrogens with zero attached hydrogens (tertiary/aromatic N) is 2. The summed E-state index contributed by atoms with van der Waals surface area (Å²) in [6.45, 7) is 2.57. The molecule has 3 rings (SSSR count). The predicted molar refractivity (Wildman–Crippen MR) is 77.8 cm³/mol. The second kappa shape index (κ2) is 4.77. The van der Waals surface area contributed by atoms with Crippen LogP contribution in [-0.4, -0.2) is 47.3 Å². The predicted octanol–water partition coefficient (Wildman–Crippen LogP) is 2.73. The van der Waals surface area contributed by atoms with Gasteiger partial charge in [-0.3, -0.25) is 0 Å². The van der Waals surface area contributed by atoms with Gasteiger partial charge in [-0.15, -0.1) is 0 Å². The molecule has 0 aliphatic carbocycles. The molecule has 0 atom stereocenters. The molecule has 2 aromatic rings. The largest absolute Gasteiger partial charge is 0.465 e. The topological polar surface area (TPSA) is 59.6 Å². The molecule has 100 valence electrons. The number of benzene rings is 1. The van der Waals surface area contributed by atoms with Gasteiger partial charge in [0.25, 0.3) is 0 Å². The van der Waals surface area contributed by atoms with E-state index in [1.165, 1.54) is 10.3 Å². The minimum absolute atomic E-state index is 0.554. The molecule has 0 bridgehead atoms. The number of amides is 1. The second-order valence-electron chi connectivity index (χ2n) is 4.62. The van der Waals surface area contributed by atoms with Gasteiger partial charge in [-0.25, -0.2) is 4.79 Å².